The van der Waals surface area contributed by atoms with E-state index in [1.807, 2.05) is 17.0 Å². The van der Waals surface area contributed by atoms with Gasteiger partial charge in [-0.1, -0.05) is 11.8 Å². The van der Waals surface area contributed by atoms with Gasteiger partial charge in [-0.2, -0.15) is 4.98 Å². The van der Waals surface area contributed by atoms with E-state index in [9.17, 15) is 8.78 Å². The Balaban J connectivity index is 1.68. The van der Waals surface area contributed by atoms with Crippen LogP contribution in [0, 0.1) is 11.8 Å². The number of rotatable bonds is 7. The van der Waals surface area contributed by atoms with Crippen LogP contribution in [0.3, 0.4) is 0 Å². The molecule has 1 N–H and O–H groups in total. The molecular formula is C24H31F2N5O2. The maximum atomic E-state index is 13.7. The number of aromatic nitrogens is 2. The summed E-state index contributed by atoms with van der Waals surface area (Å²) in [4.78, 5) is 13.5. The van der Waals surface area contributed by atoms with Crippen molar-refractivity contribution in [1.29, 1.82) is 0 Å². The predicted molar refractivity (Wildman–Crippen MR) is 125 cm³/mol. The molecule has 3 heterocycles. The van der Waals surface area contributed by atoms with Gasteiger partial charge in [-0.25, -0.2) is 13.8 Å². The third kappa shape index (κ3) is 5.81. The number of hydrogen-bond donors (Lipinski definition) is 1. The fourth-order valence-electron chi connectivity index (χ4n) is 4.18. The van der Waals surface area contributed by atoms with E-state index in [0.717, 1.165) is 30.6 Å². The highest BCUT2D eigenvalue weighted by Gasteiger charge is 2.35. The second kappa shape index (κ2) is 10.5. The average molecular weight is 460 g/mol. The predicted octanol–water partition coefficient (Wildman–Crippen LogP) is 3.38. The number of ether oxygens (including phenoxy) is 2. The molecule has 0 saturated carbocycles. The molecule has 0 radical (unpaired) electrons. The summed E-state index contributed by atoms with van der Waals surface area (Å²) in [5.41, 5.74) is 1.45. The lowest BCUT2D eigenvalue weighted by molar-refractivity contribution is -0.0222. The lowest BCUT2D eigenvalue weighted by atomic mass is 10.1. The van der Waals surface area contributed by atoms with E-state index in [1.165, 1.54) is 12.8 Å². The molecule has 9 heteroatoms. The van der Waals surface area contributed by atoms with Crippen molar-refractivity contribution in [3.05, 3.63) is 17.7 Å². The van der Waals surface area contributed by atoms with Crippen LogP contribution < -0.4 is 15.0 Å². The maximum Gasteiger partial charge on any atom is 0.251 e. The number of alkyl halides is 2. The zero-order chi connectivity index (χ0) is 23.3. The first-order valence-electron chi connectivity index (χ1n) is 11.5. The molecule has 0 bridgehead atoms. The number of piperidine rings is 1. The zero-order valence-electron chi connectivity index (χ0n) is 19.3. The van der Waals surface area contributed by atoms with Gasteiger partial charge >= 0.3 is 0 Å². The lowest BCUT2D eigenvalue weighted by Gasteiger charge is -2.32. The van der Waals surface area contributed by atoms with E-state index in [-0.39, 0.29) is 25.9 Å². The SMILES string of the molecule is COCCNc1nc(N2CCC(F)(F)CC2)nc2cc(C#CCN3CCCC3)c(OC)cc12. The van der Waals surface area contributed by atoms with Gasteiger partial charge in [0.25, 0.3) is 5.92 Å². The van der Waals surface area contributed by atoms with E-state index in [1.54, 1.807) is 14.2 Å². The first-order valence-corrected chi connectivity index (χ1v) is 11.5. The Morgan fingerprint density at radius 3 is 2.55 bits per heavy atom. The van der Waals surface area contributed by atoms with E-state index in [0.29, 0.717) is 36.2 Å². The molecule has 7 nitrogen and oxygen atoms in total. The molecule has 2 aliphatic rings. The minimum absolute atomic E-state index is 0.198. The third-order valence-electron chi connectivity index (χ3n) is 6.11. The van der Waals surface area contributed by atoms with Crippen LogP contribution >= 0.6 is 0 Å². The summed E-state index contributed by atoms with van der Waals surface area (Å²) in [5, 5.41) is 4.08. The summed E-state index contributed by atoms with van der Waals surface area (Å²) in [5.74, 6) is 5.58. The minimum Gasteiger partial charge on any atom is -0.495 e. The molecule has 2 aliphatic heterocycles. The third-order valence-corrected chi connectivity index (χ3v) is 6.11. The minimum atomic E-state index is -2.63. The largest absolute Gasteiger partial charge is 0.495 e. The van der Waals surface area contributed by atoms with Crippen molar-refractivity contribution in [2.75, 3.05) is 70.3 Å². The van der Waals surface area contributed by atoms with Crippen molar-refractivity contribution in [2.24, 2.45) is 0 Å². The Morgan fingerprint density at radius 2 is 1.85 bits per heavy atom. The summed E-state index contributed by atoms with van der Waals surface area (Å²) >= 11 is 0. The van der Waals surface area contributed by atoms with Crippen LogP contribution in [0.4, 0.5) is 20.5 Å². The van der Waals surface area contributed by atoms with Crippen LogP contribution in [-0.4, -0.2) is 80.9 Å². The molecule has 0 atom stereocenters. The molecule has 33 heavy (non-hydrogen) atoms. The summed E-state index contributed by atoms with van der Waals surface area (Å²) in [6.45, 7) is 4.40. The van der Waals surface area contributed by atoms with Crippen molar-refractivity contribution in [2.45, 2.75) is 31.6 Å². The van der Waals surface area contributed by atoms with Crippen molar-refractivity contribution in [3.63, 3.8) is 0 Å². The molecule has 2 fully saturated rings. The van der Waals surface area contributed by atoms with Crippen molar-refractivity contribution in [3.8, 4) is 17.6 Å². The van der Waals surface area contributed by atoms with Crippen LogP contribution in [0.1, 0.15) is 31.2 Å². The number of fused-ring (bicyclic) bond motifs is 1. The fourth-order valence-corrected chi connectivity index (χ4v) is 4.18. The highest BCUT2D eigenvalue weighted by molar-refractivity contribution is 5.92. The Labute approximate surface area is 193 Å². The number of halogens is 2. The van der Waals surface area contributed by atoms with Gasteiger partial charge in [0.2, 0.25) is 5.95 Å². The summed E-state index contributed by atoms with van der Waals surface area (Å²) in [6.07, 6.45) is 2.05. The quantitative estimate of drug-likeness (QED) is 0.503. The Hall–Kier alpha value is -2.70. The van der Waals surface area contributed by atoms with E-state index in [2.05, 4.69) is 27.0 Å². The van der Waals surface area contributed by atoms with Gasteiger partial charge in [-0.15, -0.1) is 0 Å². The number of likely N-dealkylation sites (tertiary alicyclic amines) is 1. The van der Waals surface area contributed by atoms with Crippen LogP contribution in [0.5, 0.6) is 5.75 Å². The highest BCUT2D eigenvalue weighted by atomic mass is 19.3. The van der Waals surface area contributed by atoms with Crippen molar-refractivity contribution < 1.29 is 18.3 Å². The van der Waals surface area contributed by atoms with Crippen molar-refractivity contribution in [1.82, 2.24) is 14.9 Å². The van der Waals surface area contributed by atoms with Crippen LogP contribution in [-0.2, 0) is 4.74 Å². The maximum absolute atomic E-state index is 13.7. The second-order valence-corrected chi connectivity index (χ2v) is 8.49. The standard InChI is InChI=1S/C24H31F2N5O2/c1-32-15-9-27-22-19-17-21(33-2)18(6-5-12-30-10-3-4-11-30)16-20(19)28-23(29-22)31-13-7-24(25,26)8-14-31/h16-17H,3-4,7-15H2,1-2H3,(H,27,28,29). The van der Waals surface area contributed by atoms with E-state index >= 15 is 0 Å². The van der Waals surface area contributed by atoms with Gasteiger partial charge in [-0.3, -0.25) is 4.90 Å². The number of nitrogens with zero attached hydrogens (tertiary/aromatic N) is 4. The Kier molecular flexibility index (Phi) is 7.46. The number of benzene rings is 1. The first-order chi connectivity index (χ1) is 16.0. The fraction of sp³-hybridized carbons (Fsp3) is 0.583. The Bertz CT molecular complexity index is 1020. The van der Waals surface area contributed by atoms with Crippen LogP contribution in [0.2, 0.25) is 0 Å². The van der Waals surface area contributed by atoms with Gasteiger partial charge in [0.15, 0.2) is 0 Å². The molecule has 2 aromatic rings. The molecule has 178 valence electrons. The van der Waals surface area contributed by atoms with E-state index in [4.69, 9.17) is 14.5 Å². The van der Waals surface area contributed by atoms with Gasteiger partial charge < -0.3 is 19.7 Å². The topological polar surface area (TPSA) is 62.8 Å². The summed E-state index contributed by atoms with van der Waals surface area (Å²) in [7, 11) is 3.25. The molecule has 2 saturated heterocycles. The van der Waals surface area contributed by atoms with Crippen molar-refractivity contribution >= 4 is 22.7 Å². The van der Waals surface area contributed by atoms with Crippen LogP contribution in [0.25, 0.3) is 10.9 Å². The molecular weight excluding hydrogens is 428 g/mol. The van der Waals surface area contributed by atoms with Gasteiger partial charge in [0, 0.05) is 45.0 Å². The first kappa shape index (κ1) is 23.5. The monoisotopic (exact) mass is 459 g/mol. The normalized spacial score (nSPS) is 18.2. The Morgan fingerprint density at radius 1 is 1.09 bits per heavy atom. The van der Waals surface area contributed by atoms with E-state index < -0.39 is 5.92 Å². The lowest BCUT2D eigenvalue weighted by Crippen LogP contribution is -2.40. The summed E-state index contributed by atoms with van der Waals surface area (Å²) in [6, 6.07) is 3.79. The smallest absolute Gasteiger partial charge is 0.251 e. The summed E-state index contributed by atoms with van der Waals surface area (Å²) < 4.78 is 38.1. The van der Waals surface area contributed by atoms with Gasteiger partial charge in [0.05, 0.1) is 31.3 Å². The number of hydrogen-bond acceptors (Lipinski definition) is 7. The number of nitrogens with one attached hydrogen (secondary N) is 1. The van der Waals surface area contributed by atoms with Crippen LogP contribution in [0.15, 0.2) is 12.1 Å². The highest BCUT2D eigenvalue weighted by Crippen LogP contribution is 2.33. The molecule has 0 amide bonds. The molecule has 0 unspecified atom stereocenters. The molecule has 0 spiro atoms. The average Bonchev–Trinajstić information content (AvgIpc) is 3.32. The molecule has 1 aromatic heterocycles. The molecule has 0 aliphatic carbocycles. The zero-order valence-corrected chi connectivity index (χ0v) is 19.3. The number of anilines is 2. The van der Waals surface area contributed by atoms with Gasteiger partial charge in [0.1, 0.15) is 11.6 Å². The van der Waals surface area contributed by atoms with Gasteiger partial charge in [-0.05, 0) is 38.1 Å². The number of methoxy groups -OCH3 is 2. The molecule has 4 rings (SSSR count). The second-order valence-electron chi connectivity index (χ2n) is 8.49. The molecule has 1 aromatic carbocycles.